The zero-order chi connectivity index (χ0) is 18.9. The number of rotatable bonds is 6. The molecular weight excluding hydrogens is 332 g/mol. The lowest BCUT2D eigenvalue weighted by Gasteiger charge is -2.12. The van der Waals surface area contributed by atoms with Gasteiger partial charge in [-0.25, -0.2) is 4.79 Å². The normalized spacial score (nSPS) is 10.4. The minimum absolute atomic E-state index is 0.308. The number of ether oxygens (including phenoxy) is 1. The Bertz CT molecular complexity index is 843. The SMILES string of the molecule is C/C=C/C(=O)OCC(=O)Nc1ccccc1C(=O)Nc1cccc(C)c1. The maximum absolute atomic E-state index is 12.5. The largest absolute Gasteiger partial charge is 0.452 e. The van der Waals surface area contributed by atoms with Crippen molar-refractivity contribution in [2.45, 2.75) is 13.8 Å². The third-order valence-corrected chi connectivity index (χ3v) is 3.37. The molecule has 0 bridgehead atoms. The third kappa shape index (κ3) is 5.59. The van der Waals surface area contributed by atoms with Crippen LogP contribution in [0.3, 0.4) is 0 Å². The molecule has 0 spiro atoms. The van der Waals surface area contributed by atoms with Crippen LogP contribution in [0.1, 0.15) is 22.8 Å². The van der Waals surface area contributed by atoms with Crippen molar-refractivity contribution in [1.29, 1.82) is 0 Å². The molecule has 2 rings (SSSR count). The fourth-order valence-corrected chi connectivity index (χ4v) is 2.22. The molecule has 6 nitrogen and oxygen atoms in total. The number of hydrogen-bond acceptors (Lipinski definition) is 4. The number of aryl methyl sites for hydroxylation is 1. The molecule has 0 heterocycles. The van der Waals surface area contributed by atoms with E-state index in [0.717, 1.165) is 5.56 Å². The highest BCUT2D eigenvalue weighted by Gasteiger charge is 2.14. The van der Waals surface area contributed by atoms with Crippen molar-refractivity contribution in [1.82, 2.24) is 0 Å². The fourth-order valence-electron chi connectivity index (χ4n) is 2.22. The molecule has 0 radical (unpaired) electrons. The maximum atomic E-state index is 12.5. The van der Waals surface area contributed by atoms with Crippen LogP contribution in [0.15, 0.2) is 60.7 Å². The predicted octanol–water partition coefficient (Wildman–Crippen LogP) is 3.31. The number of amides is 2. The summed E-state index contributed by atoms with van der Waals surface area (Å²) in [5, 5.41) is 5.38. The van der Waals surface area contributed by atoms with Crippen molar-refractivity contribution in [3.63, 3.8) is 0 Å². The molecular formula is C20H20N2O4. The van der Waals surface area contributed by atoms with Crippen molar-refractivity contribution < 1.29 is 19.1 Å². The summed E-state index contributed by atoms with van der Waals surface area (Å²) in [5.74, 6) is -1.48. The first-order chi connectivity index (χ1) is 12.5. The summed E-state index contributed by atoms with van der Waals surface area (Å²) < 4.78 is 4.79. The number of para-hydroxylation sites is 1. The summed E-state index contributed by atoms with van der Waals surface area (Å²) in [7, 11) is 0. The standard InChI is InChI=1S/C20H20N2O4/c1-3-7-19(24)26-13-18(23)22-17-11-5-4-10-16(17)20(25)21-15-9-6-8-14(2)12-15/h3-12H,13H2,1-2H3,(H,21,25)(H,22,23)/b7-3+. The van der Waals surface area contributed by atoms with Gasteiger partial charge in [0.25, 0.3) is 11.8 Å². The van der Waals surface area contributed by atoms with E-state index in [1.54, 1.807) is 37.3 Å². The lowest BCUT2D eigenvalue weighted by atomic mass is 10.1. The highest BCUT2D eigenvalue weighted by Crippen LogP contribution is 2.18. The second kappa shape index (κ2) is 9.17. The van der Waals surface area contributed by atoms with Crippen molar-refractivity contribution in [2.24, 2.45) is 0 Å². The molecule has 2 aromatic rings. The lowest BCUT2D eigenvalue weighted by molar-refractivity contribution is -0.142. The van der Waals surface area contributed by atoms with Gasteiger partial charge in [0.1, 0.15) is 0 Å². The molecule has 0 unspecified atom stereocenters. The second-order valence-corrected chi connectivity index (χ2v) is 5.53. The first kappa shape index (κ1) is 18.9. The summed E-state index contributed by atoms with van der Waals surface area (Å²) in [4.78, 5) is 35.7. The Morgan fingerprint density at radius 2 is 1.81 bits per heavy atom. The number of benzene rings is 2. The van der Waals surface area contributed by atoms with E-state index < -0.39 is 18.5 Å². The highest BCUT2D eigenvalue weighted by molar-refractivity contribution is 6.10. The molecule has 134 valence electrons. The second-order valence-electron chi connectivity index (χ2n) is 5.53. The molecule has 2 aromatic carbocycles. The molecule has 0 fully saturated rings. The van der Waals surface area contributed by atoms with Gasteiger partial charge in [0.15, 0.2) is 6.61 Å². The van der Waals surface area contributed by atoms with E-state index in [9.17, 15) is 14.4 Å². The Labute approximate surface area is 151 Å². The molecule has 6 heteroatoms. The van der Waals surface area contributed by atoms with E-state index in [-0.39, 0.29) is 5.91 Å². The van der Waals surface area contributed by atoms with Gasteiger partial charge in [-0.2, -0.15) is 0 Å². The van der Waals surface area contributed by atoms with Gasteiger partial charge >= 0.3 is 5.97 Å². The Hall–Kier alpha value is -3.41. The number of hydrogen-bond donors (Lipinski definition) is 2. The van der Waals surface area contributed by atoms with Gasteiger partial charge < -0.3 is 15.4 Å². The zero-order valence-corrected chi connectivity index (χ0v) is 14.6. The van der Waals surface area contributed by atoms with Crippen LogP contribution in [0.2, 0.25) is 0 Å². The van der Waals surface area contributed by atoms with Crippen molar-refractivity contribution in [3.05, 3.63) is 71.8 Å². The van der Waals surface area contributed by atoms with Crippen LogP contribution in [0, 0.1) is 6.92 Å². The Kier molecular flexibility index (Phi) is 6.68. The third-order valence-electron chi connectivity index (χ3n) is 3.37. The van der Waals surface area contributed by atoms with Crippen LogP contribution < -0.4 is 10.6 Å². The number of nitrogens with one attached hydrogen (secondary N) is 2. The van der Waals surface area contributed by atoms with Gasteiger partial charge in [-0.3, -0.25) is 9.59 Å². The number of carbonyl (C=O) groups is 3. The number of carbonyl (C=O) groups excluding carboxylic acids is 3. The fraction of sp³-hybridized carbons (Fsp3) is 0.150. The average Bonchev–Trinajstić information content (AvgIpc) is 2.61. The van der Waals surface area contributed by atoms with E-state index in [2.05, 4.69) is 10.6 Å². The van der Waals surface area contributed by atoms with Gasteiger partial charge in [-0.05, 0) is 43.7 Å². The summed E-state index contributed by atoms with van der Waals surface area (Å²) in [5.41, 5.74) is 2.33. The molecule has 0 atom stereocenters. The summed E-state index contributed by atoms with van der Waals surface area (Å²) in [6.45, 7) is 3.17. The van der Waals surface area contributed by atoms with E-state index in [0.29, 0.717) is 16.9 Å². The van der Waals surface area contributed by atoms with E-state index in [1.165, 1.54) is 12.2 Å². The summed E-state index contributed by atoms with van der Waals surface area (Å²) in [6, 6.07) is 14.0. The van der Waals surface area contributed by atoms with Gasteiger partial charge in [0.2, 0.25) is 0 Å². The van der Waals surface area contributed by atoms with Gasteiger partial charge in [0.05, 0.1) is 11.3 Å². The van der Waals surface area contributed by atoms with Crippen LogP contribution in [0.5, 0.6) is 0 Å². The smallest absolute Gasteiger partial charge is 0.330 e. The number of allylic oxidation sites excluding steroid dienone is 1. The maximum Gasteiger partial charge on any atom is 0.330 e. The van der Waals surface area contributed by atoms with E-state index in [4.69, 9.17) is 4.74 Å². The number of esters is 1. The molecule has 2 amide bonds. The molecule has 0 saturated carbocycles. The van der Waals surface area contributed by atoms with Crippen LogP contribution in [0.25, 0.3) is 0 Å². The van der Waals surface area contributed by atoms with Gasteiger partial charge in [-0.15, -0.1) is 0 Å². The molecule has 0 aliphatic carbocycles. The van der Waals surface area contributed by atoms with Crippen LogP contribution in [-0.4, -0.2) is 24.4 Å². The summed E-state index contributed by atoms with van der Waals surface area (Å²) in [6.07, 6.45) is 2.74. The summed E-state index contributed by atoms with van der Waals surface area (Å²) >= 11 is 0. The van der Waals surface area contributed by atoms with E-state index >= 15 is 0 Å². The molecule has 0 aliphatic heterocycles. The van der Waals surface area contributed by atoms with Crippen molar-refractivity contribution >= 4 is 29.2 Å². The minimum Gasteiger partial charge on any atom is -0.452 e. The lowest BCUT2D eigenvalue weighted by Crippen LogP contribution is -2.22. The van der Waals surface area contributed by atoms with Crippen LogP contribution in [-0.2, 0) is 14.3 Å². The first-order valence-electron chi connectivity index (χ1n) is 8.06. The van der Waals surface area contributed by atoms with E-state index in [1.807, 2.05) is 25.1 Å². The van der Waals surface area contributed by atoms with Crippen molar-refractivity contribution in [3.8, 4) is 0 Å². The van der Waals surface area contributed by atoms with Gasteiger partial charge in [0, 0.05) is 11.8 Å². The average molecular weight is 352 g/mol. The first-order valence-corrected chi connectivity index (χ1v) is 8.06. The topological polar surface area (TPSA) is 84.5 Å². The Balaban J connectivity index is 2.05. The minimum atomic E-state index is -0.604. The van der Waals surface area contributed by atoms with Crippen LogP contribution in [0.4, 0.5) is 11.4 Å². The molecule has 2 N–H and O–H groups in total. The monoisotopic (exact) mass is 352 g/mol. The highest BCUT2D eigenvalue weighted by atomic mass is 16.5. The molecule has 0 aromatic heterocycles. The number of anilines is 2. The Morgan fingerprint density at radius 1 is 1.04 bits per heavy atom. The molecule has 26 heavy (non-hydrogen) atoms. The molecule has 0 saturated heterocycles. The van der Waals surface area contributed by atoms with Crippen molar-refractivity contribution in [2.75, 3.05) is 17.2 Å². The zero-order valence-electron chi connectivity index (χ0n) is 14.6. The van der Waals surface area contributed by atoms with Crippen LogP contribution >= 0.6 is 0 Å². The Morgan fingerprint density at radius 3 is 2.54 bits per heavy atom. The molecule has 0 aliphatic rings. The van der Waals surface area contributed by atoms with Gasteiger partial charge in [-0.1, -0.05) is 30.3 Å². The predicted molar refractivity (Wildman–Crippen MR) is 100.0 cm³/mol. The quantitative estimate of drug-likeness (QED) is 0.617.